The van der Waals surface area contributed by atoms with Crippen LogP contribution in [0.15, 0.2) is 57.9 Å². The maximum Gasteiger partial charge on any atom is 0.264 e. The molecule has 0 amide bonds. The number of hydrogen-bond donors (Lipinski definition) is 1. The molecule has 1 aliphatic rings. The van der Waals surface area contributed by atoms with Crippen molar-refractivity contribution in [2.24, 2.45) is 5.92 Å². The van der Waals surface area contributed by atoms with Gasteiger partial charge in [0.2, 0.25) is 0 Å². The van der Waals surface area contributed by atoms with Crippen molar-refractivity contribution in [3.05, 3.63) is 65.4 Å². The number of rotatable bonds is 8. The molecule has 0 atom stereocenters. The second-order valence-corrected chi connectivity index (χ2v) is 9.06. The molecule has 0 aliphatic heterocycles. The van der Waals surface area contributed by atoms with Crippen molar-refractivity contribution in [2.45, 2.75) is 38.2 Å². The second kappa shape index (κ2) is 8.00. The first-order valence-corrected chi connectivity index (χ1v) is 11.1. The minimum Gasteiger partial charge on any atom is -0.376 e. The molecule has 7 heteroatoms. The topological polar surface area (TPSA) is 81.4 Å². The monoisotopic (exact) mass is 412 g/mol. The summed E-state index contributed by atoms with van der Waals surface area (Å²) < 4.78 is 40.4. The summed E-state index contributed by atoms with van der Waals surface area (Å²) in [5.41, 5.74) is 2.74. The van der Waals surface area contributed by atoms with Crippen LogP contribution < -0.4 is 4.72 Å². The molecule has 1 aromatic heterocycles. The zero-order valence-electron chi connectivity index (χ0n) is 16.5. The Bertz CT molecular complexity index is 1100. The van der Waals surface area contributed by atoms with E-state index in [0.29, 0.717) is 35.0 Å². The predicted octanol–water partition coefficient (Wildman–Crippen LogP) is 4.69. The molecule has 2 aromatic carbocycles. The van der Waals surface area contributed by atoms with Crippen LogP contribution in [0.3, 0.4) is 0 Å². The van der Waals surface area contributed by atoms with E-state index >= 15 is 0 Å². The van der Waals surface area contributed by atoms with E-state index in [4.69, 9.17) is 9.26 Å². The Hall–Kier alpha value is -2.64. The molecule has 3 aromatic rings. The number of benzene rings is 2. The van der Waals surface area contributed by atoms with Gasteiger partial charge in [0.05, 0.1) is 6.61 Å². The fourth-order valence-corrected chi connectivity index (χ4v) is 4.67. The van der Waals surface area contributed by atoms with Crippen molar-refractivity contribution in [3.63, 3.8) is 0 Å². The summed E-state index contributed by atoms with van der Waals surface area (Å²) in [7, 11) is -3.92. The molecule has 1 fully saturated rings. The van der Waals surface area contributed by atoms with Crippen LogP contribution >= 0.6 is 0 Å². The highest BCUT2D eigenvalue weighted by Gasteiger charge is 2.27. The van der Waals surface area contributed by atoms with Gasteiger partial charge in [-0.3, -0.25) is 4.72 Å². The Kier molecular flexibility index (Phi) is 5.43. The molecule has 29 heavy (non-hydrogen) atoms. The van der Waals surface area contributed by atoms with Crippen LogP contribution in [-0.4, -0.2) is 20.2 Å². The Morgan fingerprint density at radius 1 is 1.10 bits per heavy atom. The van der Waals surface area contributed by atoms with Gasteiger partial charge in [-0.05, 0) is 43.7 Å². The molecule has 1 N–H and O–H groups in total. The van der Waals surface area contributed by atoms with E-state index in [1.807, 2.05) is 42.5 Å². The number of sulfonamides is 1. The number of anilines is 1. The van der Waals surface area contributed by atoms with E-state index in [-0.39, 0.29) is 17.3 Å². The van der Waals surface area contributed by atoms with Crippen molar-refractivity contribution in [1.29, 1.82) is 0 Å². The number of nitrogens with one attached hydrogen (secondary N) is 1. The molecule has 0 bridgehead atoms. The molecular formula is C22H24N2O4S. The molecule has 1 saturated carbocycles. The van der Waals surface area contributed by atoms with Gasteiger partial charge in [0, 0.05) is 17.7 Å². The van der Waals surface area contributed by atoms with E-state index in [9.17, 15) is 8.42 Å². The molecule has 0 radical (unpaired) electrons. The van der Waals surface area contributed by atoms with Gasteiger partial charge >= 0.3 is 0 Å². The summed E-state index contributed by atoms with van der Waals surface area (Å²) in [4.78, 5) is 0.210. The van der Waals surface area contributed by atoms with E-state index < -0.39 is 10.0 Å². The molecule has 1 heterocycles. The van der Waals surface area contributed by atoms with Crippen LogP contribution in [0.4, 0.5) is 5.82 Å². The SMILES string of the molecule is Cc1onc(NS(=O)(=O)c2c(COCC3CC3)cccc2-c2ccccc2)c1C. The van der Waals surface area contributed by atoms with Crippen LogP contribution in [0.2, 0.25) is 0 Å². The summed E-state index contributed by atoms with van der Waals surface area (Å²) in [6, 6.07) is 15.0. The van der Waals surface area contributed by atoms with Crippen LogP contribution in [0.5, 0.6) is 0 Å². The number of aromatic nitrogens is 1. The summed E-state index contributed by atoms with van der Waals surface area (Å²) in [5.74, 6) is 1.38. The smallest absolute Gasteiger partial charge is 0.264 e. The molecule has 4 rings (SSSR count). The Balaban J connectivity index is 1.75. The molecule has 0 unspecified atom stereocenters. The lowest BCUT2D eigenvalue weighted by atomic mass is 10.0. The first-order valence-electron chi connectivity index (χ1n) is 9.66. The maximum absolute atomic E-state index is 13.4. The van der Waals surface area contributed by atoms with Gasteiger partial charge < -0.3 is 9.26 Å². The summed E-state index contributed by atoms with van der Waals surface area (Å²) >= 11 is 0. The lowest BCUT2D eigenvalue weighted by Gasteiger charge is -2.16. The lowest BCUT2D eigenvalue weighted by Crippen LogP contribution is -2.17. The molecule has 0 spiro atoms. The summed E-state index contributed by atoms with van der Waals surface area (Å²) in [6.07, 6.45) is 2.36. The third-order valence-electron chi connectivity index (χ3n) is 5.15. The van der Waals surface area contributed by atoms with Gasteiger partial charge in [-0.15, -0.1) is 0 Å². The van der Waals surface area contributed by atoms with Crippen LogP contribution in [-0.2, 0) is 21.4 Å². The van der Waals surface area contributed by atoms with Gasteiger partial charge in [-0.2, -0.15) is 0 Å². The van der Waals surface area contributed by atoms with Crippen LogP contribution in [0.1, 0.15) is 29.7 Å². The minimum atomic E-state index is -3.92. The van der Waals surface area contributed by atoms with Gasteiger partial charge in [-0.1, -0.05) is 53.7 Å². The largest absolute Gasteiger partial charge is 0.376 e. The standard InChI is InChI=1S/C22H24N2O4S/c1-15-16(2)28-23-22(15)24-29(25,26)21-19(14-27-13-17-11-12-17)9-6-10-20(21)18-7-4-3-5-8-18/h3-10,17H,11-14H2,1-2H3,(H,23,24). The highest BCUT2D eigenvalue weighted by atomic mass is 32.2. The molecule has 0 saturated heterocycles. The average Bonchev–Trinajstić information content (AvgIpc) is 3.50. The maximum atomic E-state index is 13.4. The van der Waals surface area contributed by atoms with Crippen molar-refractivity contribution >= 4 is 15.8 Å². The Labute approximate surface area is 170 Å². The van der Waals surface area contributed by atoms with Gasteiger partial charge in [0.15, 0.2) is 5.82 Å². The third-order valence-corrected chi connectivity index (χ3v) is 6.63. The Morgan fingerprint density at radius 3 is 2.52 bits per heavy atom. The molecule has 152 valence electrons. The summed E-state index contributed by atoms with van der Waals surface area (Å²) in [5, 5.41) is 3.86. The van der Waals surface area contributed by atoms with Gasteiger partial charge in [0.25, 0.3) is 10.0 Å². The molecular weight excluding hydrogens is 388 g/mol. The fourth-order valence-electron chi connectivity index (χ4n) is 3.17. The van der Waals surface area contributed by atoms with Gasteiger partial charge in [-0.25, -0.2) is 8.42 Å². The highest BCUT2D eigenvalue weighted by Crippen LogP contribution is 2.34. The van der Waals surface area contributed by atoms with Crippen LogP contribution in [0, 0.1) is 19.8 Å². The van der Waals surface area contributed by atoms with E-state index in [1.165, 1.54) is 12.8 Å². The molecule has 1 aliphatic carbocycles. The quantitative estimate of drug-likeness (QED) is 0.581. The van der Waals surface area contributed by atoms with Gasteiger partial charge in [0.1, 0.15) is 10.7 Å². The zero-order valence-corrected chi connectivity index (χ0v) is 17.3. The van der Waals surface area contributed by atoms with Crippen molar-refractivity contribution < 1.29 is 17.7 Å². The number of aryl methyl sites for hydroxylation is 1. The number of hydrogen-bond acceptors (Lipinski definition) is 5. The van der Waals surface area contributed by atoms with E-state index in [2.05, 4.69) is 9.88 Å². The van der Waals surface area contributed by atoms with Crippen LogP contribution in [0.25, 0.3) is 11.1 Å². The lowest BCUT2D eigenvalue weighted by molar-refractivity contribution is 0.110. The first kappa shape index (κ1) is 19.7. The minimum absolute atomic E-state index is 0.204. The van der Waals surface area contributed by atoms with Crippen molar-refractivity contribution in [2.75, 3.05) is 11.3 Å². The van der Waals surface area contributed by atoms with Crippen molar-refractivity contribution in [1.82, 2.24) is 5.16 Å². The molecule has 6 nitrogen and oxygen atoms in total. The fraction of sp³-hybridized carbons (Fsp3) is 0.318. The predicted molar refractivity (Wildman–Crippen MR) is 111 cm³/mol. The van der Waals surface area contributed by atoms with E-state index in [1.54, 1.807) is 19.9 Å². The summed E-state index contributed by atoms with van der Waals surface area (Å²) in [6.45, 7) is 4.41. The highest BCUT2D eigenvalue weighted by molar-refractivity contribution is 7.93. The first-order chi connectivity index (χ1) is 14.0. The van der Waals surface area contributed by atoms with E-state index in [0.717, 1.165) is 5.56 Å². The normalized spacial score (nSPS) is 14.1. The third kappa shape index (κ3) is 4.36. The number of ether oxygens (including phenoxy) is 1. The second-order valence-electron chi connectivity index (χ2n) is 7.44. The number of nitrogens with zero attached hydrogens (tertiary/aromatic N) is 1. The van der Waals surface area contributed by atoms with Crippen molar-refractivity contribution in [3.8, 4) is 11.1 Å². The Morgan fingerprint density at radius 2 is 1.86 bits per heavy atom. The zero-order chi connectivity index (χ0) is 20.4. The average molecular weight is 413 g/mol.